The van der Waals surface area contributed by atoms with Gasteiger partial charge in [-0.3, -0.25) is 4.90 Å². The van der Waals surface area contributed by atoms with E-state index in [4.69, 9.17) is 4.52 Å². The van der Waals surface area contributed by atoms with Crippen molar-refractivity contribution in [2.45, 2.75) is 51.6 Å². The Morgan fingerprint density at radius 1 is 1.11 bits per heavy atom. The van der Waals surface area contributed by atoms with Gasteiger partial charge in [-0.15, -0.1) is 5.10 Å². The molecule has 0 fully saturated rings. The summed E-state index contributed by atoms with van der Waals surface area (Å²) >= 11 is 0. The minimum Gasteiger partial charge on any atom is -0.341 e. The summed E-state index contributed by atoms with van der Waals surface area (Å²) < 4.78 is 5.43. The lowest BCUT2D eigenvalue weighted by molar-refractivity contribution is 0.214. The van der Waals surface area contributed by atoms with Crippen molar-refractivity contribution >= 4 is 0 Å². The number of rotatable bonds is 6. The highest BCUT2D eigenvalue weighted by atomic mass is 16.5. The Morgan fingerprint density at radius 3 is 2.78 bits per heavy atom. The molecule has 1 aromatic heterocycles. The van der Waals surface area contributed by atoms with Crippen molar-refractivity contribution in [3.63, 3.8) is 0 Å². The quantitative estimate of drug-likeness (QED) is 0.639. The summed E-state index contributed by atoms with van der Waals surface area (Å²) in [6, 6.07) is 17.8. The highest BCUT2D eigenvalue weighted by Gasteiger charge is 2.26. The van der Waals surface area contributed by atoms with Crippen LogP contribution in [-0.2, 0) is 25.8 Å². The number of aromatic nitrogens is 2. The molecule has 4 nitrogen and oxygen atoms in total. The van der Waals surface area contributed by atoms with E-state index in [2.05, 4.69) is 77.8 Å². The van der Waals surface area contributed by atoms with Crippen LogP contribution in [-0.4, -0.2) is 28.4 Å². The molecule has 3 aromatic rings. The Hall–Kier alpha value is -2.46. The van der Waals surface area contributed by atoms with Gasteiger partial charge in [-0.1, -0.05) is 55.5 Å². The Morgan fingerprint density at radius 2 is 1.96 bits per heavy atom. The van der Waals surface area contributed by atoms with Gasteiger partial charge >= 0.3 is 0 Å². The third-order valence-electron chi connectivity index (χ3n) is 5.65. The minimum absolute atomic E-state index is 0.536. The molecule has 1 heterocycles. The average molecular weight is 361 g/mol. The van der Waals surface area contributed by atoms with E-state index in [1.807, 2.05) is 0 Å². The second-order valence-electron chi connectivity index (χ2n) is 7.54. The summed E-state index contributed by atoms with van der Waals surface area (Å²) in [6.45, 7) is 3.14. The van der Waals surface area contributed by atoms with Gasteiger partial charge in [0.25, 0.3) is 0 Å². The van der Waals surface area contributed by atoms with Crippen LogP contribution in [0.4, 0.5) is 0 Å². The Kier molecular flexibility index (Phi) is 5.35. The van der Waals surface area contributed by atoms with Gasteiger partial charge in [0.05, 0.1) is 0 Å². The van der Waals surface area contributed by atoms with Gasteiger partial charge in [0, 0.05) is 29.8 Å². The summed E-state index contributed by atoms with van der Waals surface area (Å²) in [7, 11) is 2.24. The predicted molar refractivity (Wildman–Crippen MR) is 107 cm³/mol. The van der Waals surface area contributed by atoms with Gasteiger partial charge < -0.3 is 4.52 Å². The van der Waals surface area contributed by atoms with Crippen LogP contribution in [0.5, 0.6) is 0 Å². The van der Waals surface area contributed by atoms with Crippen LogP contribution in [0.25, 0.3) is 11.3 Å². The monoisotopic (exact) mass is 361 g/mol. The molecule has 0 saturated carbocycles. The average Bonchev–Trinajstić information content (AvgIpc) is 3.16. The van der Waals surface area contributed by atoms with Gasteiger partial charge in [-0.05, 0) is 49.4 Å². The highest BCUT2D eigenvalue weighted by Crippen LogP contribution is 2.34. The molecular formula is C23H27N3O. The second kappa shape index (κ2) is 8.05. The van der Waals surface area contributed by atoms with Gasteiger partial charge in [0.1, 0.15) is 5.69 Å². The van der Waals surface area contributed by atoms with E-state index in [0.29, 0.717) is 6.04 Å². The smallest absolute Gasteiger partial charge is 0.165 e. The first-order valence-corrected chi connectivity index (χ1v) is 9.92. The molecule has 0 bridgehead atoms. The van der Waals surface area contributed by atoms with Crippen LogP contribution in [0.2, 0.25) is 0 Å². The van der Waals surface area contributed by atoms with E-state index in [1.165, 1.54) is 28.7 Å². The van der Waals surface area contributed by atoms with Gasteiger partial charge in [0.2, 0.25) is 0 Å². The number of nitrogens with zero attached hydrogens (tertiary/aromatic N) is 3. The molecule has 0 radical (unpaired) electrons. The molecule has 1 aliphatic carbocycles. The maximum absolute atomic E-state index is 5.43. The first kappa shape index (κ1) is 17.9. The van der Waals surface area contributed by atoms with E-state index >= 15 is 0 Å². The zero-order chi connectivity index (χ0) is 18.6. The summed E-state index contributed by atoms with van der Waals surface area (Å²) in [5.41, 5.74) is 6.36. The third kappa shape index (κ3) is 3.81. The number of benzene rings is 2. The molecule has 0 N–H and O–H groups in total. The summed E-state index contributed by atoms with van der Waals surface area (Å²) in [5.74, 6) is 0.908. The summed E-state index contributed by atoms with van der Waals surface area (Å²) in [6.07, 6.45) is 5.26. The first-order chi connectivity index (χ1) is 13.3. The topological polar surface area (TPSA) is 42.2 Å². The van der Waals surface area contributed by atoms with Crippen LogP contribution >= 0.6 is 0 Å². The number of hydrogen-bond acceptors (Lipinski definition) is 4. The van der Waals surface area contributed by atoms with Crippen molar-refractivity contribution < 1.29 is 4.52 Å². The molecule has 27 heavy (non-hydrogen) atoms. The second-order valence-corrected chi connectivity index (χ2v) is 7.54. The lowest BCUT2D eigenvalue weighted by Crippen LogP contribution is -2.36. The van der Waals surface area contributed by atoms with Crippen molar-refractivity contribution in [3.8, 4) is 11.3 Å². The zero-order valence-corrected chi connectivity index (χ0v) is 16.2. The van der Waals surface area contributed by atoms with Crippen molar-refractivity contribution in [1.82, 2.24) is 15.3 Å². The van der Waals surface area contributed by atoms with Crippen LogP contribution in [0.3, 0.4) is 0 Å². The molecule has 0 aliphatic heterocycles. The van der Waals surface area contributed by atoms with E-state index in [-0.39, 0.29) is 0 Å². The van der Waals surface area contributed by atoms with Crippen LogP contribution in [0, 0.1) is 0 Å². The lowest BCUT2D eigenvalue weighted by Gasteiger charge is -2.33. The molecule has 1 atom stereocenters. The van der Waals surface area contributed by atoms with Gasteiger partial charge in [0.15, 0.2) is 5.76 Å². The summed E-state index contributed by atoms with van der Waals surface area (Å²) in [5, 5.41) is 8.16. The van der Waals surface area contributed by atoms with Crippen molar-refractivity contribution in [3.05, 3.63) is 71.0 Å². The summed E-state index contributed by atoms with van der Waals surface area (Å²) in [4.78, 5) is 2.49. The van der Waals surface area contributed by atoms with E-state index < -0.39 is 0 Å². The van der Waals surface area contributed by atoms with Crippen molar-refractivity contribution in [1.29, 1.82) is 0 Å². The van der Waals surface area contributed by atoms with E-state index in [0.717, 1.165) is 43.7 Å². The molecule has 0 amide bonds. The zero-order valence-electron chi connectivity index (χ0n) is 16.2. The largest absolute Gasteiger partial charge is 0.341 e. The number of hydrogen-bond donors (Lipinski definition) is 0. The number of fused-ring (bicyclic) bond motifs is 1. The predicted octanol–water partition coefficient (Wildman–Crippen LogP) is 4.68. The van der Waals surface area contributed by atoms with Crippen molar-refractivity contribution in [2.75, 3.05) is 7.05 Å². The Labute approximate surface area is 161 Å². The maximum Gasteiger partial charge on any atom is 0.165 e. The van der Waals surface area contributed by atoms with Crippen molar-refractivity contribution in [2.24, 2.45) is 0 Å². The van der Waals surface area contributed by atoms with Crippen LogP contribution in [0.1, 0.15) is 42.2 Å². The fourth-order valence-corrected chi connectivity index (χ4v) is 4.17. The molecule has 4 rings (SSSR count). The lowest BCUT2D eigenvalue weighted by atomic mass is 9.83. The van der Waals surface area contributed by atoms with Gasteiger partial charge in [-0.25, -0.2) is 0 Å². The van der Waals surface area contributed by atoms with Gasteiger partial charge in [-0.2, -0.15) is 0 Å². The molecule has 0 saturated heterocycles. The molecule has 1 aliphatic rings. The third-order valence-corrected chi connectivity index (χ3v) is 5.65. The number of likely N-dealkylation sites (N-methyl/N-ethyl adjacent to an activating group) is 1. The fourth-order valence-electron chi connectivity index (χ4n) is 4.17. The molecule has 2 aromatic carbocycles. The Bertz CT molecular complexity index is 888. The number of aryl methyl sites for hydroxylation is 2. The van der Waals surface area contributed by atoms with Crippen LogP contribution in [0.15, 0.2) is 53.1 Å². The van der Waals surface area contributed by atoms with Crippen LogP contribution < -0.4 is 0 Å². The molecule has 4 heteroatoms. The standard InChI is InChI=1S/C23H27N3O/c1-3-8-22-23(24-25-27-22)20-12-7-11-18-13-14-19(15-21(18)20)26(2)16-17-9-5-4-6-10-17/h4-7,9-12,19H,3,8,13-16H2,1-2H3. The molecule has 0 spiro atoms. The SMILES string of the molecule is CCCc1onnc1-c1cccc2c1CC(N(C)Cc1ccccc1)CC2. The molecular weight excluding hydrogens is 334 g/mol. The molecule has 1 unspecified atom stereocenters. The Balaban J connectivity index is 1.59. The van der Waals surface area contributed by atoms with E-state index in [1.54, 1.807) is 0 Å². The van der Waals surface area contributed by atoms with E-state index in [9.17, 15) is 0 Å². The fraction of sp³-hybridized carbons (Fsp3) is 0.391. The first-order valence-electron chi connectivity index (χ1n) is 9.92. The highest BCUT2D eigenvalue weighted by molar-refractivity contribution is 5.67. The maximum atomic E-state index is 5.43. The minimum atomic E-state index is 0.536. The normalized spacial score (nSPS) is 16.5. The molecule has 140 valence electrons.